The topological polar surface area (TPSA) is 60.5 Å². The summed E-state index contributed by atoms with van der Waals surface area (Å²) in [6.45, 7) is 0.661. The molecule has 0 fully saturated rings. The molecule has 0 amide bonds. The lowest BCUT2D eigenvalue weighted by atomic mass is 10.3. The van der Waals surface area contributed by atoms with E-state index >= 15 is 0 Å². The molecule has 0 aromatic carbocycles. The highest BCUT2D eigenvalue weighted by Gasteiger charge is 2.05. The quantitative estimate of drug-likeness (QED) is 0.464. The van der Waals surface area contributed by atoms with Crippen molar-refractivity contribution in [1.82, 2.24) is 4.98 Å². The highest BCUT2D eigenvalue weighted by molar-refractivity contribution is 8.00. The number of hydrogen-bond donors (Lipinski definition) is 1. The summed E-state index contributed by atoms with van der Waals surface area (Å²) in [5.41, 5.74) is 0.479. The zero-order chi connectivity index (χ0) is 11.8. The van der Waals surface area contributed by atoms with Crippen LogP contribution in [0.15, 0.2) is 18.3 Å². The normalized spacial score (nSPS) is 9.88. The van der Waals surface area contributed by atoms with E-state index in [-0.39, 0.29) is 5.97 Å². The van der Waals surface area contributed by atoms with Gasteiger partial charge in [0.25, 0.3) is 0 Å². The first kappa shape index (κ1) is 12.8. The lowest BCUT2D eigenvalue weighted by Gasteiger charge is -2.05. The van der Waals surface area contributed by atoms with Gasteiger partial charge in [-0.15, -0.1) is 0 Å². The van der Waals surface area contributed by atoms with Crippen molar-refractivity contribution in [3.05, 3.63) is 23.9 Å². The molecule has 0 bridgehead atoms. The first-order valence-corrected chi connectivity index (χ1v) is 5.67. The predicted molar refractivity (Wildman–Crippen MR) is 63.5 cm³/mol. The maximum absolute atomic E-state index is 11.2. The SMILES string of the molecule is COCCSNc1cc(C(=O)OC)ccn1. The molecule has 1 aromatic rings. The fourth-order valence-corrected chi connectivity index (χ4v) is 1.59. The summed E-state index contributed by atoms with van der Waals surface area (Å²) >= 11 is 1.47. The number of hydrogen-bond acceptors (Lipinski definition) is 6. The molecule has 6 heteroatoms. The molecule has 0 aliphatic rings. The Morgan fingerprint density at radius 3 is 3.06 bits per heavy atom. The van der Waals surface area contributed by atoms with E-state index in [4.69, 9.17) is 4.74 Å². The molecule has 16 heavy (non-hydrogen) atoms. The molecule has 0 unspecified atom stereocenters. The van der Waals surface area contributed by atoms with Gasteiger partial charge in [0.2, 0.25) is 0 Å². The Morgan fingerprint density at radius 1 is 1.56 bits per heavy atom. The standard InChI is InChI=1S/C10H14N2O3S/c1-14-5-6-16-12-9-7-8(3-4-11-9)10(13)15-2/h3-4,7H,5-6H2,1-2H3,(H,11,12). The van der Waals surface area contributed by atoms with Gasteiger partial charge in [-0.05, 0) is 24.1 Å². The molecule has 5 nitrogen and oxygen atoms in total. The lowest BCUT2D eigenvalue weighted by molar-refractivity contribution is 0.0600. The number of nitrogens with zero attached hydrogens (tertiary/aromatic N) is 1. The van der Waals surface area contributed by atoms with Crippen molar-refractivity contribution in [1.29, 1.82) is 0 Å². The minimum atomic E-state index is -0.368. The summed E-state index contributed by atoms with van der Waals surface area (Å²) in [6.07, 6.45) is 1.56. The predicted octanol–water partition coefficient (Wildman–Crippen LogP) is 1.57. The summed E-state index contributed by atoms with van der Waals surface area (Å²) < 4.78 is 12.5. The zero-order valence-corrected chi connectivity index (χ0v) is 10.0. The minimum absolute atomic E-state index is 0.368. The zero-order valence-electron chi connectivity index (χ0n) is 9.23. The molecule has 0 spiro atoms. The average molecular weight is 242 g/mol. The Balaban J connectivity index is 2.50. The van der Waals surface area contributed by atoms with E-state index in [1.54, 1.807) is 25.4 Å². The van der Waals surface area contributed by atoms with Gasteiger partial charge in [0.15, 0.2) is 0 Å². The Morgan fingerprint density at radius 2 is 2.38 bits per heavy atom. The molecular weight excluding hydrogens is 228 g/mol. The van der Waals surface area contributed by atoms with Gasteiger partial charge in [-0.1, -0.05) is 0 Å². The average Bonchev–Trinajstić information content (AvgIpc) is 2.34. The van der Waals surface area contributed by atoms with Crippen molar-refractivity contribution in [3.63, 3.8) is 0 Å². The summed E-state index contributed by atoms with van der Waals surface area (Å²) in [6, 6.07) is 3.25. The Bertz CT molecular complexity index is 347. The number of methoxy groups -OCH3 is 2. The fourth-order valence-electron chi connectivity index (χ4n) is 0.981. The van der Waals surface area contributed by atoms with Crippen LogP contribution in [0.4, 0.5) is 5.82 Å². The van der Waals surface area contributed by atoms with Crippen LogP contribution in [-0.2, 0) is 9.47 Å². The third-order valence-electron chi connectivity index (χ3n) is 1.75. The van der Waals surface area contributed by atoms with Crippen LogP contribution in [0.2, 0.25) is 0 Å². The summed E-state index contributed by atoms with van der Waals surface area (Å²) in [4.78, 5) is 15.3. The number of anilines is 1. The number of pyridine rings is 1. The van der Waals surface area contributed by atoms with E-state index in [2.05, 4.69) is 14.4 Å². The number of carbonyl (C=O) groups is 1. The van der Waals surface area contributed by atoms with Gasteiger partial charge >= 0.3 is 5.97 Å². The maximum Gasteiger partial charge on any atom is 0.338 e. The molecule has 1 rings (SSSR count). The van der Waals surface area contributed by atoms with Gasteiger partial charge in [0.05, 0.1) is 19.3 Å². The fraction of sp³-hybridized carbons (Fsp3) is 0.400. The van der Waals surface area contributed by atoms with Crippen molar-refractivity contribution in [2.24, 2.45) is 0 Å². The second kappa shape index (κ2) is 7.08. The van der Waals surface area contributed by atoms with E-state index in [1.807, 2.05) is 0 Å². The minimum Gasteiger partial charge on any atom is -0.465 e. The molecule has 1 heterocycles. The van der Waals surface area contributed by atoms with E-state index < -0.39 is 0 Å². The summed E-state index contributed by atoms with van der Waals surface area (Å²) in [5.74, 6) is 1.07. The number of carbonyl (C=O) groups excluding carboxylic acids is 1. The molecule has 0 saturated heterocycles. The van der Waals surface area contributed by atoms with E-state index in [0.717, 1.165) is 5.75 Å². The van der Waals surface area contributed by atoms with Crippen LogP contribution < -0.4 is 4.72 Å². The molecule has 1 N–H and O–H groups in total. The maximum atomic E-state index is 11.2. The van der Waals surface area contributed by atoms with Crippen LogP contribution in [-0.4, -0.2) is 37.5 Å². The van der Waals surface area contributed by atoms with Gasteiger partial charge in [-0.2, -0.15) is 0 Å². The Labute approximate surface area is 98.7 Å². The second-order valence-corrected chi connectivity index (χ2v) is 3.77. The smallest absolute Gasteiger partial charge is 0.338 e. The number of ether oxygens (including phenoxy) is 2. The molecule has 0 aliphatic carbocycles. The van der Waals surface area contributed by atoms with E-state index in [1.165, 1.54) is 19.1 Å². The van der Waals surface area contributed by atoms with Crippen LogP contribution in [0.1, 0.15) is 10.4 Å². The van der Waals surface area contributed by atoms with Crippen molar-refractivity contribution in [2.75, 3.05) is 31.3 Å². The molecule has 0 atom stereocenters. The first-order valence-electron chi connectivity index (χ1n) is 4.69. The van der Waals surface area contributed by atoms with Crippen LogP contribution in [0.5, 0.6) is 0 Å². The van der Waals surface area contributed by atoms with Crippen molar-refractivity contribution in [2.45, 2.75) is 0 Å². The van der Waals surface area contributed by atoms with Crippen LogP contribution in [0.25, 0.3) is 0 Å². The number of esters is 1. The van der Waals surface area contributed by atoms with Crippen molar-refractivity contribution in [3.8, 4) is 0 Å². The Kier molecular flexibility index (Phi) is 5.66. The number of aromatic nitrogens is 1. The number of rotatable bonds is 6. The first-order chi connectivity index (χ1) is 7.77. The largest absolute Gasteiger partial charge is 0.465 e. The molecular formula is C10H14N2O3S. The van der Waals surface area contributed by atoms with Crippen molar-refractivity contribution >= 4 is 23.7 Å². The molecule has 0 radical (unpaired) electrons. The van der Waals surface area contributed by atoms with E-state index in [9.17, 15) is 4.79 Å². The monoisotopic (exact) mass is 242 g/mol. The molecule has 1 aromatic heterocycles. The van der Waals surface area contributed by atoms with Crippen LogP contribution >= 0.6 is 11.9 Å². The van der Waals surface area contributed by atoms with Crippen LogP contribution in [0.3, 0.4) is 0 Å². The molecule has 0 aliphatic heterocycles. The molecule has 88 valence electrons. The third kappa shape index (κ3) is 4.08. The van der Waals surface area contributed by atoms with Crippen molar-refractivity contribution < 1.29 is 14.3 Å². The molecule has 0 saturated carbocycles. The van der Waals surface area contributed by atoms with Gasteiger partial charge < -0.3 is 14.2 Å². The Hall–Kier alpha value is -1.27. The summed E-state index contributed by atoms with van der Waals surface area (Å²) in [7, 11) is 3.00. The van der Waals surface area contributed by atoms with Gasteiger partial charge in [0.1, 0.15) is 5.82 Å². The second-order valence-electron chi connectivity index (χ2n) is 2.86. The van der Waals surface area contributed by atoms with Gasteiger partial charge in [-0.25, -0.2) is 9.78 Å². The number of nitrogens with one attached hydrogen (secondary N) is 1. The lowest BCUT2D eigenvalue weighted by Crippen LogP contribution is -2.03. The highest BCUT2D eigenvalue weighted by Crippen LogP contribution is 2.12. The highest BCUT2D eigenvalue weighted by atomic mass is 32.2. The van der Waals surface area contributed by atoms with Crippen LogP contribution in [0, 0.1) is 0 Å². The summed E-state index contributed by atoms with van der Waals surface area (Å²) in [5, 5.41) is 0. The van der Waals surface area contributed by atoms with E-state index in [0.29, 0.717) is 18.0 Å². The van der Waals surface area contributed by atoms with Gasteiger partial charge in [-0.3, -0.25) is 0 Å². The third-order valence-corrected chi connectivity index (χ3v) is 2.47. The van der Waals surface area contributed by atoms with Gasteiger partial charge in [0, 0.05) is 19.1 Å².